The highest BCUT2D eigenvalue weighted by Gasteiger charge is 2.23. The molecule has 1 aromatic heterocycles. The molecule has 2 aromatic rings. The molecule has 0 bridgehead atoms. The fourth-order valence-corrected chi connectivity index (χ4v) is 3.24. The third-order valence-electron chi connectivity index (χ3n) is 3.84. The number of aliphatic hydroxyl groups is 1. The molecule has 1 aliphatic rings. The molecule has 1 aliphatic heterocycles. The zero-order valence-corrected chi connectivity index (χ0v) is 12.5. The molecule has 21 heavy (non-hydrogen) atoms. The van der Waals surface area contributed by atoms with Crippen LogP contribution in [0.4, 0.5) is 0 Å². The standard InChI is InChI=1S/C14H17N3O3S/c1-21(19,20)12-5-3-11(4-6-12)14-16-15-13-7-2-10(9-18)8-17(13)14/h3-6,10,18H,2,7-9H2,1H3. The molecule has 0 aliphatic carbocycles. The second-order valence-corrected chi connectivity index (χ2v) is 7.45. The van der Waals surface area contributed by atoms with Crippen LogP contribution in [0.3, 0.4) is 0 Å². The second-order valence-electron chi connectivity index (χ2n) is 5.43. The van der Waals surface area contributed by atoms with E-state index in [2.05, 4.69) is 10.2 Å². The zero-order chi connectivity index (χ0) is 15.0. The van der Waals surface area contributed by atoms with E-state index in [9.17, 15) is 13.5 Å². The van der Waals surface area contributed by atoms with Crippen molar-refractivity contribution in [3.63, 3.8) is 0 Å². The number of aromatic nitrogens is 3. The van der Waals surface area contributed by atoms with E-state index in [0.29, 0.717) is 6.54 Å². The molecule has 3 rings (SSSR count). The third kappa shape index (κ3) is 2.71. The Hall–Kier alpha value is -1.73. The van der Waals surface area contributed by atoms with Crippen molar-refractivity contribution < 1.29 is 13.5 Å². The van der Waals surface area contributed by atoms with Crippen LogP contribution >= 0.6 is 0 Å². The van der Waals surface area contributed by atoms with Crippen molar-refractivity contribution in [3.8, 4) is 11.4 Å². The van der Waals surface area contributed by atoms with Crippen molar-refractivity contribution in [1.82, 2.24) is 14.8 Å². The summed E-state index contributed by atoms with van der Waals surface area (Å²) in [6.45, 7) is 0.853. The van der Waals surface area contributed by atoms with Gasteiger partial charge >= 0.3 is 0 Å². The first-order valence-electron chi connectivity index (χ1n) is 6.82. The van der Waals surface area contributed by atoms with Gasteiger partial charge in [-0.15, -0.1) is 10.2 Å². The van der Waals surface area contributed by atoms with E-state index in [4.69, 9.17) is 0 Å². The van der Waals surface area contributed by atoms with Crippen molar-refractivity contribution in [2.24, 2.45) is 5.92 Å². The van der Waals surface area contributed by atoms with Crippen molar-refractivity contribution in [1.29, 1.82) is 0 Å². The van der Waals surface area contributed by atoms with E-state index in [-0.39, 0.29) is 17.4 Å². The van der Waals surface area contributed by atoms with Gasteiger partial charge in [-0.25, -0.2) is 8.42 Å². The average Bonchev–Trinajstić information content (AvgIpc) is 2.89. The monoisotopic (exact) mass is 307 g/mol. The number of nitrogens with zero attached hydrogens (tertiary/aromatic N) is 3. The first-order valence-corrected chi connectivity index (χ1v) is 8.71. The van der Waals surface area contributed by atoms with Gasteiger partial charge in [0.1, 0.15) is 5.82 Å². The Bertz CT molecular complexity index is 750. The maximum Gasteiger partial charge on any atom is 0.175 e. The van der Waals surface area contributed by atoms with Crippen LogP contribution in [0.2, 0.25) is 0 Å². The molecule has 1 atom stereocenters. The van der Waals surface area contributed by atoms with E-state index in [1.54, 1.807) is 24.3 Å². The summed E-state index contributed by atoms with van der Waals surface area (Å²) in [7, 11) is -3.19. The largest absolute Gasteiger partial charge is 0.396 e. The first kappa shape index (κ1) is 14.2. The Labute approximate surface area is 123 Å². The summed E-state index contributed by atoms with van der Waals surface area (Å²) in [6, 6.07) is 6.66. The van der Waals surface area contributed by atoms with Crippen LogP contribution in [0.25, 0.3) is 11.4 Å². The molecule has 0 radical (unpaired) electrons. The van der Waals surface area contributed by atoms with Crippen LogP contribution in [-0.4, -0.2) is 41.2 Å². The van der Waals surface area contributed by atoms with Crippen molar-refractivity contribution in [3.05, 3.63) is 30.1 Å². The van der Waals surface area contributed by atoms with Gasteiger partial charge in [-0.2, -0.15) is 0 Å². The summed E-state index contributed by atoms with van der Waals surface area (Å²) in [5.41, 5.74) is 0.833. The maximum atomic E-state index is 11.5. The molecule has 1 N–H and O–H groups in total. The molecule has 2 heterocycles. The highest BCUT2D eigenvalue weighted by atomic mass is 32.2. The molecule has 0 amide bonds. The van der Waals surface area contributed by atoms with Gasteiger partial charge < -0.3 is 9.67 Å². The molecular formula is C14H17N3O3S. The first-order chi connectivity index (χ1) is 9.99. The fourth-order valence-electron chi connectivity index (χ4n) is 2.61. The van der Waals surface area contributed by atoms with Crippen molar-refractivity contribution in [2.75, 3.05) is 12.9 Å². The van der Waals surface area contributed by atoms with Gasteiger partial charge in [-0.05, 0) is 30.7 Å². The number of rotatable bonds is 3. The van der Waals surface area contributed by atoms with Gasteiger partial charge in [-0.1, -0.05) is 0 Å². The van der Waals surface area contributed by atoms with Crippen LogP contribution in [-0.2, 0) is 22.8 Å². The van der Waals surface area contributed by atoms with Gasteiger partial charge in [0.2, 0.25) is 0 Å². The molecule has 1 aromatic carbocycles. The summed E-state index contributed by atoms with van der Waals surface area (Å²) in [5.74, 6) is 1.87. The average molecular weight is 307 g/mol. The number of fused-ring (bicyclic) bond motifs is 1. The lowest BCUT2D eigenvalue weighted by molar-refractivity contribution is 0.191. The lowest BCUT2D eigenvalue weighted by Gasteiger charge is -2.22. The van der Waals surface area contributed by atoms with Crippen molar-refractivity contribution >= 4 is 9.84 Å². The highest BCUT2D eigenvalue weighted by Crippen LogP contribution is 2.26. The Kier molecular flexibility index (Phi) is 3.54. The summed E-state index contributed by atoms with van der Waals surface area (Å²) >= 11 is 0. The van der Waals surface area contributed by atoms with Gasteiger partial charge in [0, 0.05) is 37.3 Å². The SMILES string of the molecule is CS(=O)(=O)c1ccc(-c2nnc3n2CC(CO)CC3)cc1. The van der Waals surface area contributed by atoms with Gasteiger partial charge in [0.15, 0.2) is 15.7 Å². The third-order valence-corrected chi connectivity index (χ3v) is 4.97. The predicted molar refractivity (Wildman–Crippen MR) is 77.5 cm³/mol. The highest BCUT2D eigenvalue weighted by molar-refractivity contribution is 7.90. The lowest BCUT2D eigenvalue weighted by Crippen LogP contribution is -2.23. The van der Waals surface area contributed by atoms with E-state index in [1.165, 1.54) is 6.26 Å². The number of benzene rings is 1. The summed E-state index contributed by atoms with van der Waals surface area (Å²) in [4.78, 5) is 0.290. The Morgan fingerprint density at radius 3 is 2.62 bits per heavy atom. The van der Waals surface area contributed by atoms with E-state index in [1.807, 2.05) is 4.57 Å². The molecule has 112 valence electrons. The van der Waals surface area contributed by atoms with E-state index in [0.717, 1.165) is 30.1 Å². The molecule has 0 saturated carbocycles. The predicted octanol–water partition coefficient (Wildman–Crippen LogP) is 0.903. The summed E-state index contributed by atoms with van der Waals surface area (Å²) < 4.78 is 25.0. The number of aliphatic hydroxyl groups excluding tert-OH is 1. The van der Waals surface area contributed by atoms with Crippen LogP contribution in [0.1, 0.15) is 12.2 Å². The van der Waals surface area contributed by atoms with Gasteiger partial charge in [-0.3, -0.25) is 0 Å². The minimum Gasteiger partial charge on any atom is -0.396 e. The summed E-state index contributed by atoms with van der Waals surface area (Å²) in [5, 5.41) is 17.7. The zero-order valence-electron chi connectivity index (χ0n) is 11.7. The number of hydrogen-bond donors (Lipinski definition) is 1. The Morgan fingerprint density at radius 2 is 2.00 bits per heavy atom. The number of aryl methyl sites for hydroxylation is 1. The minimum atomic E-state index is -3.19. The quantitative estimate of drug-likeness (QED) is 0.911. The maximum absolute atomic E-state index is 11.5. The molecule has 6 nitrogen and oxygen atoms in total. The Morgan fingerprint density at radius 1 is 1.29 bits per heavy atom. The summed E-state index contributed by atoms with van der Waals surface area (Å²) in [6.07, 6.45) is 2.91. The smallest absolute Gasteiger partial charge is 0.175 e. The lowest BCUT2D eigenvalue weighted by atomic mass is 10.00. The van der Waals surface area contributed by atoms with Crippen LogP contribution in [0, 0.1) is 5.92 Å². The topological polar surface area (TPSA) is 85.1 Å². The fraction of sp³-hybridized carbons (Fsp3) is 0.429. The number of hydrogen-bond acceptors (Lipinski definition) is 5. The molecule has 1 unspecified atom stereocenters. The van der Waals surface area contributed by atoms with Gasteiger partial charge in [0.25, 0.3) is 0 Å². The second kappa shape index (κ2) is 5.23. The van der Waals surface area contributed by atoms with E-state index >= 15 is 0 Å². The Balaban J connectivity index is 1.97. The minimum absolute atomic E-state index is 0.157. The molecule has 0 spiro atoms. The van der Waals surface area contributed by atoms with Crippen molar-refractivity contribution in [2.45, 2.75) is 24.3 Å². The van der Waals surface area contributed by atoms with Crippen LogP contribution < -0.4 is 0 Å². The number of sulfone groups is 1. The van der Waals surface area contributed by atoms with Crippen LogP contribution in [0.5, 0.6) is 0 Å². The van der Waals surface area contributed by atoms with E-state index < -0.39 is 9.84 Å². The molecule has 7 heteroatoms. The molecule has 0 fully saturated rings. The van der Waals surface area contributed by atoms with Gasteiger partial charge in [0.05, 0.1) is 4.90 Å². The van der Waals surface area contributed by atoms with Crippen LogP contribution in [0.15, 0.2) is 29.2 Å². The molecular weight excluding hydrogens is 290 g/mol. The normalized spacial score (nSPS) is 18.5. The molecule has 0 saturated heterocycles.